The Bertz CT molecular complexity index is 379. The fourth-order valence-corrected chi connectivity index (χ4v) is 2.13. The first-order valence-electron chi connectivity index (χ1n) is 7.67. The van der Waals surface area contributed by atoms with Crippen LogP contribution in [0.3, 0.4) is 0 Å². The van der Waals surface area contributed by atoms with E-state index >= 15 is 0 Å². The van der Waals surface area contributed by atoms with Gasteiger partial charge < -0.3 is 14.8 Å². The van der Waals surface area contributed by atoms with Gasteiger partial charge >= 0.3 is 0 Å². The van der Waals surface area contributed by atoms with Crippen molar-refractivity contribution in [2.45, 2.75) is 39.8 Å². The van der Waals surface area contributed by atoms with Crippen molar-refractivity contribution in [2.24, 2.45) is 5.92 Å². The third-order valence-electron chi connectivity index (χ3n) is 2.95. The summed E-state index contributed by atoms with van der Waals surface area (Å²) in [4.78, 5) is 0. The highest BCUT2D eigenvalue weighted by atomic mass is 79.9. The minimum Gasteiger partial charge on any atom is -0.379 e. The van der Waals surface area contributed by atoms with Gasteiger partial charge in [-0.3, -0.25) is 0 Å². The fourth-order valence-electron chi connectivity index (χ4n) is 1.86. The van der Waals surface area contributed by atoms with Gasteiger partial charge in [-0.2, -0.15) is 0 Å². The fraction of sp³-hybridized carbons (Fsp3) is 0.647. The lowest BCUT2D eigenvalue weighted by Gasteiger charge is -2.21. The zero-order chi connectivity index (χ0) is 15.7. The van der Waals surface area contributed by atoms with Crippen LogP contribution in [0.1, 0.15) is 39.4 Å². The maximum atomic E-state index is 6.00. The van der Waals surface area contributed by atoms with Crippen LogP contribution in [0.2, 0.25) is 0 Å². The van der Waals surface area contributed by atoms with Gasteiger partial charge in [-0.05, 0) is 23.6 Å². The second kappa shape index (κ2) is 10.3. The van der Waals surface area contributed by atoms with E-state index in [0.717, 1.165) is 17.6 Å². The molecule has 0 fully saturated rings. The molecule has 0 saturated heterocycles. The van der Waals surface area contributed by atoms with Gasteiger partial charge in [-0.25, -0.2) is 0 Å². The molecule has 0 amide bonds. The van der Waals surface area contributed by atoms with Gasteiger partial charge in [0.15, 0.2) is 0 Å². The highest BCUT2D eigenvalue weighted by Crippen LogP contribution is 2.19. The summed E-state index contributed by atoms with van der Waals surface area (Å²) in [7, 11) is 0. The highest BCUT2D eigenvalue weighted by molar-refractivity contribution is 9.10. The molecule has 1 unspecified atom stereocenters. The van der Waals surface area contributed by atoms with Crippen molar-refractivity contribution in [3.8, 4) is 0 Å². The van der Waals surface area contributed by atoms with Crippen molar-refractivity contribution < 1.29 is 9.47 Å². The minimum atomic E-state index is 0.0585. The van der Waals surface area contributed by atoms with Crippen LogP contribution in [0.25, 0.3) is 0 Å². The molecule has 0 aliphatic rings. The maximum absolute atomic E-state index is 6.00. The number of halogens is 1. The number of ether oxygens (including phenoxy) is 2. The van der Waals surface area contributed by atoms with Crippen LogP contribution < -0.4 is 5.32 Å². The Morgan fingerprint density at radius 2 is 1.71 bits per heavy atom. The van der Waals surface area contributed by atoms with E-state index in [9.17, 15) is 0 Å². The molecule has 1 atom stereocenters. The summed E-state index contributed by atoms with van der Waals surface area (Å²) in [5.74, 6) is 0.565. The topological polar surface area (TPSA) is 30.5 Å². The van der Waals surface area contributed by atoms with E-state index in [4.69, 9.17) is 9.47 Å². The Hall–Kier alpha value is -0.420. The molecular formula is C17H28BrNO2. The van der Waals surface area contributed by atoms with E-state index in [1.54, 1.807) is 0 Å². The molecule has 0 radical (unpaired) electrons. The van der Waals surface area contributed by atoms with Crippen molar-refractivity contribution in [3.05, 3.63) is 34.3 Å². The minimum absolute atomic E-state index is 0.0585. The van der Waals surface area contributed by atoms with Gasteiger partial charge in [0.2, 0.25) is 0 Å². The number of rotatable bonds is 10. The lowest BCUT2D eigenvalue weighted by Crippen LogP contribution is -2.29. The predicted molar refractivity (Wildman–Crippen MR) is 91.6 cm³/mol. The molecule has 4 heteroatoms. The Morgan fingerprint density at radius 3 is 2.29 bits per heavy atom. The van der Waals surface area contributed by atoms with E-state index < -0.39 is 0 Å². The second-order valence-electron chi connectivity index (χ2n) is 5.94. The van der Waals surface area contributed by atoms with Crippen LogP contribution in [0.5, 0.6) is 0 Å². The van der Waals surface area contributed by atoms with Gasteiger partial charge in [0, 0.05) is 23.7 Å². The average molecular weight is 358 g/mol. The van der Waals surface area contributed by atoms with Crippen LogP contribution >= 0.6 is 15.9 Å². The number of hydrogen-bond acceptors (Lipinski definition) is 3. The van der Waals surface area contributed by atoms with E-state index in [0.29, 0.717) is 25.2 Å². The molecule has 1 rings (SSSR count). The first-order valence-corrected chi connectivity index (χ1v) is 8.46. The normalized spacial score (nSPS) is 13.1. The van der Waals surface area contributed by atoms with Crippen molar-refractivity contribution in [1.82, 2.24) is 5.32 Å². The highest BCUT2D eigenvalue weighted by Gasteiger charge is 2.12. The van der Waals surface area contributed by atoms with Crippen LogP contribution in [0.15, 0.2) is 28.7 Å². The molecule has 0 saturated carbocycles. The van der Waals surface area contributed by atoms with E-state index in [-0.39, 0.29) is 6.10 Å². The second-order valence-corrected chi connectivity index (χ2v) is 6.86. The van der Waals surface area contributed by atoms with Crippen molar-refractivity contribution in [1.29, 1.82) is 0 Å². The summed E-state index contributed by atoms with van der Waals surface area (Å²) in [5.41, 5.74) is 1.19. The summed E-state index contributed by atoms with van der Waals surface area (Å²) >= 11 is 3.47. The molecule has 0 spiro atoms. The third-order valence-corrected chi connectivity index (χ3v) is 3.48. The van der Waals surface area contributed by atoms with E-state index in [1.807, 2.05) is 0 Å². The monoisotopic (exact) mass is 357 g/mol. The van der Waals surface area contributed by atoms with Crippen molar-refractivity contribution in [3.63, 3.8) is 0 Å². The summed E-state index contributed by atoms with van der Waals surface area (Å²) in [5, 5.41) is 3.44. The third kappa shape index (κ3) is 8.57. The standard InChI is InChI=1S/C17H28BrNO2/c1-13(2)12-20-9-10-21-17(11-19-14(3)4)15-5-7-16(18)8-6-15/h5-8,13-14,17,19H,9-12H2,1-4H3. The maximum Gasteiger partial charge on any atom is 0.0950 e. The number of benzene rings is 1. The SMILES string of the molecule is CC(C)COCCOC(CNC(C)C)c1ccc(Br)cc1. The van der Waals surface area contributed by atoms with Gasteiger partial charge in [0.05, 0.1) is 19.3 Å². The Kier molecular flexibility index (Phi) is 9.16. The van der Waals surface area contributed by atoms with Crippen molar-refractivity contribution in [2.75, 3.05) is 26.4 Å². The summed E-state index contributed by atoms with van der Waals surface area (Å²) in [6.07, 6.45) is 0.0585. The molecular weight excluding hydrogens is 330 g/mol. The largest absolute Gasteiger partial charge is 0.379 e. The van der Waals surface area contributed by atoms with Gasteiger partial charge in [0.1, 0.15) is 0 Å². The molecule has 120 valence electrons. The van der Waals surface area contributed by atoms with E-state index in [1.165, 1.54) is 5.56 Å². The molecule has 0 aliphatic carbocycles. The average Bonchev–Trinajstić information content (AvgIpc) is 2.42. The predicted octanol–water partition coefficient (Wildman–Crippen LogP) is 4.18. The molecule has 21 heavy (non-hydrogen) atoms. The zero-order valence-electron chi connectivity index (χ0n) is 13.6. The summed E-state index contributed by atoms with van der Waals surface area (Å²) in [6.45, 7) is 11.4. The summed E-state index contributed by atoms with van der Waals surface area (Å²) < 4.78 is 12.7. The quantitative estimate of drug-likeness (QED) is 0.637. The van der Waals surface area contributed by atoms with Gasteiger partial charge in [-0.1, -0.05) is 55.8 Å². The smallest absolute Gasteiger partial charge is 0.0950 e. The molecule has 0 aliphatic heterocycles. The Morgan fingerprint density at radius 1 is 1.05 bits per heavy atom. The number of nitrogens with one attached hydrogen (secondary N) is 1. The van der Waals surface area contributed by atoms with Gasteiger partial charge in [0.25, 0.3) is 0 Å². The van der Waals surface area contributed by atoms with Crippen LogP contribution in [-0.2, 0) is 9.47 Å². The van der Waals surface area contributed by atoms with Crippen LogP contribution in [0, 0.1) is 5.92 Å². The molecule has 0 aromatic heterocycles. The van der Waals surface area contributed by atoms with E-state index in [2.05, 4.69) is 73.2 Å². The van der Waals surface area contributed by atoms with Crippen LogP contribution in [0.4, 0.5) is 0 Å². The first-order chi connectivity index (χ1) is 9.99. The molecule has 0 bridgehead atoms. The lowest BCUT2D eigenvalue weighted by atomic mass is 10.1. The zero-order valence-corrected chi connectivity index (χ0v) is 15.2. The lowest BCUT2D eigenvalue weighted by molar-refractivity contribution is -0.00191. The van der Waals surface area contributed by atoms with Gasteiger partial charge in [-0.15, -0.1) is 0 Å². The molecule has 1 aromatic carbocycles. The molecule has 3 nitrogen and oxygen atoms in total. The number of hydrogen-bond donors (Lipinski definition) is 1. The Labute approximate surface area is 137 Å². The van der Waals surface area contributed by atoms with Crippen molar-refractivity contribution >= 4 is 15.9 Å². The molecule has 0 heterocycles. The Balaban J connectivity index is 2.46. The molecule has 1 N–H and O–H groups in total. The summed E-state index contributed by atoms with van der Waals surface area (Å²) in [6, 6.07) is 8.76. The molecule has 1 aromatic rings. The van der Waals surface area contributed by atoms with Crippen LogP contribution in [-0.4, -0.2) is 32.4 Å². The first kappa shape index (κ1) is 18.6.